The van der Waals surface area contributed by atoms with E-state index in [4.69, 9.17) is 0 Å². The number of hydrogen-bond acceptors (Lipinski definition) is 4. The summed E-state index contributed by atoms with van der Waals surface area (Å²) in [5, 5.41) is 20.2. The Morgan fingerprint density at radius 1 is 1.16 bits per heavy atom. The van der Waals surface area contributed by atoms with Gasteiger partial charge in [-0.15, -0.1) is 0 Å². The number of hydrogen-bond donors (Lipinski definition) is 2. The molecule has 25 heavy (non-hydrogen) atoms. The fourth-order valence-electron chi connectivity index (χ4n) is 2.23. The molecule has 0 spiro atoms. The lowest BCUT2D eigenvalue weighted by Gasteiger charge is -2.06. The molecule has 3 aromatic rings. The van der Waals surface area contributed by atoms with Crippen LogP contribution in [0.5, 0.6) is 0 Å². The zero-order valence-corrected chi connectivity index (χ0v) is 13.1. The number of nitro benzene ring substituents is 1. The largest absolute Gasteiger partial charge is 0.334 e. The lowest BCUT2D eigenvalue weighted by molar-refractivity contribution is -0.384. The summed E-state index contributed by atoms with van der Waals surface area (Å²) in [5.41, 5.74) is 2.03. The van der Waals surface area contributed by atoms with E-state index >= 15 is 0 Å². The van der Waals surface area contributed by atoms with Crippen LogP contribution in [0.2, 0.25) is 0 Å². The van der Waals surface area contributed by atoms with Gasteiger partial charge < -0.3 is 10.6 Å². The van der Waals surface area contributed by atoms with E-state index in [9.17, 15) is 14.9 Å². The summed E-state index contributed by atoms with van der Waals surface area (Å²) >= 11 is 0. The second-order valence-electron chi connectivity index (χ2n) is 5.24. The van der Waals surface area contributed by atoms with Gasteiger partial charge in [0.2, 0.25) is 0 Å². The Bertz CT molecular complexity index is 892. The second-order valence-corrected chi connectivity index (χ2v) is 5.24. The predicted molar refractivity (Wildman–Crippen MR) is 92.5 cm³/mol. The van der Waals surface area contributed by atoms with E-state index in [0.717, 1.165) is 11.3 Å². The normalized spacial score (nSPS) is 10.2. The molecule has 0 saturated carbocycles. The molecule has 1 aromatic heterocycles. The Hall–Kier alpha value is -3.68. The Morgan fingerprint density at radius 3 is 2.72 bits per heavy atom. The molecule has 3 rings (SSSR count). The molecule has 2 N–H and O–H groups in total. The van der Waals surface area contributed by atoms with Crippen LogP contribution in [0, 0.1) is 10.1 Å². The first kappa shape index (κ1) is 16.2. The molecule has 0 radical (unpaired) electrons. The zero-order chi connectivity index (χ0) is 17.6. The van der Waals surface area contributed by atoms with Gasteiger partial charge in [-0.25, -0.2) is 9.48 Å². The average Bonchev–Trinajstić information content (AvgIpc) is 3.10. The van der Waals surface area contributed by atoms with Gasteiger partial charge in [-0.2, -0.15) is 5.10 Å². The summed E-state index contributed by atoms with van der Waals surface area (Å²) in [7, 11) is 0. The SMILES string of the molecule is O=C(NCc1cnn(-c2ccccc2)c1)Nc1cccc([N+](=O)[O-])c1. The van der Waals surface area contributed by atoms with Crippen molar-refractivity contribution < 1.29 is 9.72 Å². The predicted octanol–water partition coefficient (Wildman–Crippen LogP) is 3.10. The number of carbonyl (C=O) groups excluding carboxylic acids is 1. The van der Waals surface area contributed by atoms with Crippen LogP contribution in [0.25, 0.3) is 5.69 Å². The number of carbonyl (C=O) groups is 1. The van der Waals surface area contributed by atoms with Crippen LogP contribution >= 0.6 is 0 Å². The van der Waals surface area contributed by atoms with Crippen LogP contribution in [-0.2, 0) is 6.54 Å². The number of non-ortho nitro benzene ring substituents is 1. The minimum absolute atomic E-state index is 0.0815. The molecule has 8 heteroatoms. The number of nitro groups is 1. The van der Waals surface area contributed by atoms with Crippen LogP contribution in [0.4, 0.5) is 16.2 Å². The summed E-state index contributed by atoms with van der Waals surface area (Å²) in [6.07, 6.45) is 3.49. The second kappa shape index (κ2) is 7.26. The minimum Gasteiger partial charge on any atom is -0.334 e. The maximum atomic E-state index is 11.9. The van der Waals surface area contributed by atoms with Gasteiger partial charge in [0.25, 0.3) is 5.69 Å². The maximum absolute atomic E-state index is 11.9. The van der Waals surface area contributed by atoms with Crippen LogP contribution < -0.4 is 10.6 Å². The van der Waals surface area contributed by atoms with Gasteiger partial charge in [0.05, 0.1) is 16.8 Å². The van der Waals surface area contributed by atoms with Crippen molar-refractivity contribution in [3.8, 4) is 5.69 Å². The summed E-state index contributed by atoms with van der Waals surface area (Å²) in [6, 6.07) is 14.9. The van der Waals surface area contributed by atoms with E-state index in [-0.39, 0.29) is 12.2 Å². The summed E-state index contributed by atoms with van der Waals surface area (Å²) in [4.78, 5) is 22.1. The Morgan fingerprint density at radius 2 is 1.96 bits per heavy atom. The van der Waals surface area contributed by atoms with Gasteiger partial charge in [0, 0.05) is 36.1 Å². The van der Waals surface area contributed by atoms with Gasteiger partial charge in [0.1, 0.15) is 0 Å². The quantitative estimate of drug-likeness (QED) is 0.551. The molecular weight excluding hydrogens is 322 g/mol. The Labute approximate surface area is 143 Å². The number of benzene rings is 2. The summed E-state index contributed by atoms with van der Waals surface area (Å²) in [5.74, 6) is 0. The van der Waals surface area contributed by atoms with Crippen molar-refractivity contribution in [1.82, 2.24) is 15.1 Å². The van der Waals surface area contributed by atoms with Gasteiger partial charge >= 0.3 is 6.03 Å². The van der Waals surface area contributed by atoms with Crippen molar-refractivity contribution in [2.45, 2.75) is 6.54 Å². The minimum atomic E-state index is -0.513. The van der Waals surface area contributed by atoms with Crippen molar-refractivity contribution in [2.24, 2.45) is 0 Å². The van der Waals surface area contributed by atoms with E-state index in [1.165, 1.54) is 18.2 Å². The van der Waals surface area contributed by atoms with Gasteiger partial charge in [-0.05, 0) is 18.2 Å². The van der Waals surface area contributed by atoms with E-state index in [2.05, 4.69) is 15.7 Å². The third-order valence-electron chi connectivity index (χ3n) is 3.42. The number of nitrogens with one attached hydrogen (secondary N) is 2. The molecule has 2 amide bonds. The molecule has 126 valence electrons. The van der Waals surface area contributed by atoms with Crippen molar-refractivity contribution in [3.63, 3.8) is 0 Å². The fraction of sp³-hybridized carbons (Fsp3) is 0.0588. The van der Waals surface area contributed by atoms with Gasteiger partial charge in [-0.1, -0.05) is 24.3 Å². The number of urea groups is 1. The van der Waals surface area contributed by atoms with E-state index in [1.54, 1.807) is 16.9 Å². The molecule has 0 aliphatic rings. The lowest BCUT2D eigenvalue weighted by Crippen LogP contribution is -2.28. The van der Waals surface area contributed by atoms with Crippen LogP contribution in [0.15, 0.2) is 67.0 Å². The van der Waals surface area contributed by atoms with E-state index < -0.39 is 11.0 Å². The van der Waals surface area contributed by atoms with Crippen LogP contribution in [0.1, 0.15) is 5.56 Å². The molecule has 8 nitrogen and oxygen atoms in total. The van der Waals surface area contributed by atoms with Crippen molar-refractivity contribution in [3.05, 3.63) is 82.7 Å². The first-order valence-electron chi connectivity index (χ1n) is 7.50. The molecule has 0 saturated heterocycles. The average molecular weight is 337 g/mol. The van der Waals surface area contributed by atoms with Crippen molar-refractivity contribution >= 4 is 17.4 Å². The number of rotatable bonds is 5. The fourth-order valence-corrected chi connectivity index (χ4v) is 2.23. The Balaban J connectivity index is 1.57. The molecule has 0 bridgehead atoms. The number of amides is 2. The first-order valence-corrected chi connectivity index (χ1v) is 7.50. The topological polar surface area (TPSA) is 102 Å². The summed E-state index contributed by atoms with van der Waals surface area (Å²) in [6.45, 7) is 0.285. The third-order valence-corrected chi connectivity index (χ3v) is 3.42. The monoisotopic (exact) mass is 337 g/mol. The Kier molecular flexibility index (Phi) is 4.70. The van der Waals surface area contributed by atoms with Crippen molar-refractivity contribution in [2.75, 3.05) is 5.32 Å². The standard InChI is InChI=1S/C17H15N5O3/c23-17(20-14-5-4-8-16(9-14)22(24)25)18-10-13-11-19-21(12-13)15-6-2-1-3-7-15/h1-9,11-12H,10H2,(H2,18,20,23). The molecule has 0 aliphatic heterocycles. The van der Waals surface area contributed by atoms with Crippen LogP contribution in [0.3, 0.4) is 0 Å². The molecular formula is C17H15N5O3. The molecule has 0 aliphatic carbocycles. The highest BCUT2D eigenvalue weighted by Crippen LogP contribution is 2.16. The van der Waals surface area contributed by atoms with Gasteiger partial charge in [-0.3, -0.25) is 10.1 Å². The first-order chi connectivity index (χ1) is 12.1. The highest BCUT2D eigenvalue weighted by atomic mass is 16.6. The molecule has 0 fully saturated rings. The highest BCUT2D eigenvalue weighted by molar-refractivity contribution is 5.89. The number of anilines is 1. The number of para-hydroxylation sites is 1. The zero-order valence-electron chi connectivity index (χ0n) is 13.1. The summed E-state index contributed by atoms with van der Waals surface area (Å²) < 4.78 is 1.72. The third kappa shape index (κ3) is 4.20. The number of nitrogens with zero attached hydrogens (tertiary/aromatic N) is 3. The van der Waals surface area contributed by atoms with Crippen molar-refractivity contribution in [1.29, 1.82) is 0 Å². The van der Waals surface area contributed by atoms with Gasteiger partial charge in [0.15, 0.2) is 0 Å². The molecule has 0 unspecified atom stereocenters. The maximum Gasteiger partial charge on any atom is 0.319 e. The lowest BCUT2D eigenvalue weighted by atomic mass is 10.3. The molecule has 0 atom stereocenters. The van der Waals surface area contributed by atoms with E-state index in [0.29, 0.717) is 5.69 Å². The highest BCUT2D eigenvalue weighted by Gasteiger charge is 2.08. The van der Waals surface area contributed by atoms with Crippen LogP contribution in [-0.4, -0.2) is 20.7 Å². The number of aromatic nitrogens is 2. The molecule has 1 heterocycles. The smallest absolute Gasteiger partial charge is 0.319 e. The van der Waals surface area contributed by atoms with E-state index in [1.807, 2.05) is 36.5 Å². The molecule has 2 aromatic carbocycles.